The highest BCUT2D eigenvalue weighted by Gasteiger charge is 2.25. The summed E-state index contributed by atoms with van der Waals surface area (Å²) >= 11 is 17.8. The second-order valence-corrected chi connectivity index (χ2v) is 5.32. The van der Waals surface area contributed by atoms with Crippen LogP contribution in [0.4, 0.5) is 10.5 Å². The monoisotopic (exact) mass is 348 g/mol. The van der Waals surface area contributed by atoms with Crippen LogP contribution in [0.25, 0.3) is 0 Å². The smallest absolute Gasteiger partial charge is 0.365 e. The zero-order valence-electron chi connectivity index (χ0n) is 11.2. The topological polar surface area (TPSA) is 55.5 Å². The van der Waals surface area contributed by atoms with Gasteiger partial charge in [0.1, 0.15) is 5.02 Å². The number of benzene rings is 1. The molecule has 1 aromatic carbocycles. The Morgan fingerprint density at radius 2 is 1.95 bits per heavy atom. The third-order valence-corrected chi connectivity index (χ3v) is 4.09. The number of carbonyl (C=O) groups excluding carboxylic acids is 1. The van der Waals surface area contributed by atoms with Crippen LogP contribution in [0.1, 0.15) is 12.7 Å². The maximum Gasteiger partial charge on any atom is 0.365 e. The quantitative estimate of drug-likeness (QED) is 0.816. The minimum atomic E-state index is -0.712. The lowest BCUT2D eigenvalue weighted by atomic mass is 10.3. The molecular weight excluding hydrogens is 339 g/mol. The van der Waals surface area contributed by atoms with Crippen molar-refractivity contribution in [1.82, 2.24) is 4.74 Å². The summed E-state index contributed by atoms with van der Waals surface area (Å²) in [5.41, 5.74) is -0.329. The molecule has 0 N–H and O–H groups in total. The van der Waals surface area contributed by atoms with Gasteiger partial charge in [0.05, 0.1) is 15.7 Å². The molecule has 1 heterocycles. The molecule has 0 spiro atoms. The van der Waals surface area contributed by atoms with Crippen molar-refractivity contribution in [3.05, 3.63) is 49.4 Å². The van der Waals surface area contributed by atoms with Crippen molar-refractivity contribution in [1.29, 1.82) is 0 Å². The van der Waals surface area contributed by atoms with Crippen molar-refractivity contribution in [2.75, 3.05) is 11.4 Å². The van der Waals surface area contributed by atoms with E-state index in [4.69, 9.17) is 39.3 Å². The molecule has 2 rings (SSSR count). The molecular formula is C13H11Cl3N2O3. The van der Waals surface area contributed by atoms with Crippen LogP contribution in [-0.2, 0) is 0 Å². The van der Waals surface area contributed by atoms with Crippen molar-refractivity contribution in [2.45, 2.75) is 13.8 Å². The van der Waals surface area contributed by atoms with Crippen LogP contribution >= 0.6 is 34.8 Å². The molecule has 0 saturated carbocycles. The first-order valence-corrected chi connectivity index (χ1v) is 7.16. The molecule has 5 nitrogen and oxygen atoms in total. The fraction of sp³-hybridized carbons (Fsp3) is 0.231. The molecule has 8 heteroatoms. The molecule has 0 bridgehead atoms. The lowest BCUT2D eigenvalue weighted by Crippen LogP contribution is -2.38. The largest absolute Gasteiger partial charge is 0.370 e. The molecule has 21 heavy (non-hydrogen) atoms. The molecule has 1 amide bonds. The van der Waals surface area contributed by atoms with E-state index in [1.807, 2.05) is 0 Å². The second-order valence-electron chi connectivity index (χ2n) is 4.16. The lowest BCUT2D eigenvalue weighted by molar-refractivity contribution is 0.212. The summed E-state index contributed by atoms with van der Waals surface area (Å²) in [6, 6.07) is 4.19. The van der Waals surface area contributed by atoms with Gasteiger partial charge in [-0.3, -0.25) is 9.69 Å². The molecule has 0 unspecified atom stereocenters. The first-order valence-electron chi connectivity index (χ1n) is 6.02. The molecule has 0 saturated heterocycles. The van der Waals surface area contributed by atoms with E-state index < -0.39 is 11.6 Å². The van der Waals surface area contributed by atoms with E-state index in [0.29, 0.717) is 15.4 Å². The fourth-order valence-corrected chi connectivity index (χ4v) is 2.31. The Hall–Kier alpha value is -1.43. The van der Waals surface area contributed by atoms with Gasteiger partial charge in [-0.2, -0.15) is 0 Å². The average molecular weight is 350 g/mol. The number of nitrogens with zero attached hydrogens (tertiary/aromatic N) is 2. The average Bonchev–Trinajstić information content (AvgIpc) is 2.71. The van der Waals surface area contributed by atoms with E-state index in [9.17, 15) is 9.59 Å². The number of rotatable bonds is 2. The highest BCUT2D eigenvalue weighted by Crippen LogP contribution is 2.32. The van der Waals surface area contributed by atoms with Crippen molar-refractivity contribution >= 4 is 46.5 Å². The summed E-state index contributed by atoms with van der Waals surface area (Å²) in [5, 5.41) is 0.398. The van der Waals surface area contributed by atoms with Gasteiger partial charge in [-0.05, 0) is 26.0 Å². The van der Waals surface area contributed by atoms with E-state index in [0.717, 1.165) is 0 Å². The Balaban J connectivity index is 2.51. The molecule has 0 radical (unpaired) electrons. The van der Waals surface area contributed by atoms with E-state index in [-0.39, 0.29) is 22.4 Å². The van der Waals surface area contributed by atoms with E-state index in [1.165, 1.54) is 11.8 Å². The van der Waals surface area contributed by atoms with Gasteiger partial charge in [0.15, 0.2) is 5.76 Å². The van der Waals surface area contributed by atoms with E-state index in [1.54, 1.807) is 25.1 Å². The summed E-state index contributed by atoms with van der Waals surface area (Å²) < 4.78 is 5.68. The number of carbonyl (C=O) groups is 1. The third-order valence-electron chi connectivity index (χ3n) is 2.85. The molecule has 0 atom stereocenters. The summed E-state index contributed by atoms with van der Waals surface area (Å²) in [4.78, 5) is 25.6. The van der Waals surface area contributed by atoms with Crippen molar-refractivity contribution in [2.24, 2.45) is 0 Å². The molecule has 0 aliphatic rings. The number of hydrogen-bond acceptors (Lipinski definition) is 3. The summed E-state index contributed by atoms with van der Waals surface area (Å²) in [6.07, 6.45) is 0. The Labute approximate surface area is 135 Å². The normalized spacial score (nSPS) is 10.7. The first-order chi connectivity index (χ1) is 9.88. The number of hydrogen-bond donors (Lipinski definition) is 0. The molecule has 2 aromatic rings. The van der Waals surface area contributed by atoms with Gasteiger partial charge in [-0.25, -0.2) is 4.79 Å². The number of aryl methyl sites for hydroxylation is 1. The Morgan fingerprint density at radius 1 is 1.29 bits per heavy atom. The number of aromatic nitrogens is 1. The molecule has 0 fully saturated rings. The van der Waals surface area contributed by atoms with Crippen molar-refractivity contribution in [3.8, 4) is 0 Å². The number of amides is 1. The van der Waals surface area contributed by atoms with Gasteiger partial charge >= 0.3 is 11.6 Å². The zero-order chi connectivity index (χ0) is 15.7. The van der Waals surface area contributed by atoms with E-state index in [2.05, 4.69) is 0 Å². The third kappa shape index (κ3) is 2.81. The van der Waals surface area contributed by atoms with Crippen LogP contribution in [0.5, 0.6) is 0 Å². The van der Waals surface area contributed by atoms with Gasteiger partial charge in [-0.1, -0.05) is 45.6 Å². The standard InChI is InChI=1S/C13H11Cl3N2O3/c1-3-17(9-6-4-5-8(14)11(9)16)13(20)18-12(19)10(15)7(2)21-18/h4-6H,3H2,1-2H3. The Morgan fingerprint density at radius 3 is 2.48 bits per heavy atom. The summed E-state index contributed by atoms with van der Waals surface area (Å²) in [5.74, 6) is 0.170. The Bertz CT molecular complexity index is 752. The summed E-state index contributed by atoms with van der Waals surface area (Å²) in [7, 11) is 0. The van der Waals surface area contributed by atoms with Crippen LogP contribution < -0.4 is 10.5 Å². The highest BCUT2D eigenvalue weighted by molar-refractivity contribution is 6.44. The number of halogens is 3. The predicted octanol–water partition coefficient (Wildman–Crippen LogP) is 4.20. The summed E-state index contributed by atoms with van der Waals surface area (Å²) in [6.45, 7) is 3.50. The van der Waals surface area contributed by atoms with E-state index >= 15 is 0 Å². The zero-order valence-corrected chi connectivity index (χ0v) is 13.5. The molecule has 1 aromatic heterocycles. The van der Waals surface area contributed by atoms with Crippen molar-refractivity contribution in [3.63, 3.8) is 0 Å². The highest BCUT2D eigenvalue weighted by atomic mass is 35.5. The van der Waals surface area contributed by atoms with Gasteiger partial charge in [-0.15, -0.1) is 0 Å². The minimum Gasteiger partial charge on any atom is -0.370 e. The van der Waals surface area contributed by atoms with Gasteiger partial charge in [0.25, 0.3) is 0 Å². The van der Waals surface area contributed by atoms with Crippen LogP contribution in [0.15, 0.2) is 27.5 Å². The van der Waals surface area contributed by atoms with Crippen molar-refractivity contribution < 1.29 is 9.32 Å². The molecule has 112 valence electrons. The number of anilines is 1. The molecule has 0 aliphatic heterocycles. The maximum absolute atomic E-state index is 12.5. The fourth-order valence-electron chi connectivity index (χ4n) is 1.80. The second kappa shape index (κ2) is 6.13. The van der Waals surface area contributed by atoms with Crippen LogP contribution in [0, 0.1) is 6.92 Å². The van der Waals surface area contributed by atoms with Crippen LogP contribution in [0.3, 0.4) is 0 Å². The SMILES string of the molecule is CCN(C(=O)n1oc(C)c(Cl)c1=O)c1cccc(Cl)c1Cl. The molecule has 0 aliphatic carbocycles. The van der Waals surface area contributed by atoms with Gasteiger partial charge < -0.3 is 4.52 Å². The van der Waals surface area contributed by atoms with Gasteiger partial charge in [0.2, 0.25) is 0 Å². The lowest BCUT2D eigenvalue weighted by Gasteiger charge is -2.21. The predicted molar refractivity (Wildman–Crippen MR) is 83.0 cm³/mol. The maximum atomic E-state index is 12.5. The van der Waals surface area contributed by atoms with Crippen LogP contribution in [0.2, 0.25) is 15.1 Å². The first kappa shape index (κ1) is 15.9. The minimum absolute atomic E-state index is 0.128. The van der Waals surface area contributed by atoms with Crippen LogP contribution in [-0.4, -0.2) is 17.3 Å². The Kier molecular flexibility index (Phi) is 4.66. The van der Waals surface area contributed by atoms with Gasteiger partial charge in [0, 0.05) is 6.54 Å².